The number of aryl methyl sites for hydroxylation is 3. The zero-order chi connectivity index (χ0) is 13.3. The fourth-order valence-corrected chi connectivity index (χ4v) is 2.88. The van der Waals surface area contributed by atoms with E-state index in [2.05, 4.69) is 37.0 Å². The Morgan fingerprint density at radius 2 is 2.06 bits per heavy atom. The van der Waals surface area contributed by atoms with E-state index in [0.29, 0.717) is 6.42 Å². The first-order valence-corrected chi connectivity index (χ1v) is 6.54. The summed E-state index contributed by atoms with van der Waals surface area (Å²) in [6.45, 7) is 5.93. The molecule has 1 aromatic heterocycles. The highest BCUT2D eigenvalue weighted by Crippen LogP contribution is 2.22. The van der Waals surface area contributed by atoms with Crippen molar-refractivity contribution in [1.29, 1.82) is 0 Å². The lowest BCUT2D eigenvalue weighted by atomic mass is 10.0. The number of hydrogen-bond donors (Lipinski definition) is 1. The molecule has 0 spiro atoms. The number of rotatable bonds is 3. The fraction of sp³-hybridized carbons (Fsp3) is 0.286. The normalized spacial score (nSPS) is 10.6. The maximum absolute atomic E-state index is 10.9. The smallest absolute Gasteiger partial charge is 0.355 e. The van der Waals surface area contributed by atoms with Gasteiger partial charge in [0.05, 0.1) is 5.01 Å². The molecule has 0 unspecified atom stereocenters. The minimum atomic E-state index is -0.948. The molecule has 4 heteroatoms. The number of carbonyl (C=O) groups is 1. The van der Waals surface area contributed by atoms with E-state index in [1.54, 1.807) is 6.92 Å². The highest BCUT2D eigenvalue weighted by atomic mass is 32.1. The highest BCUT2D eigenvalue weighted by molar-refractivity contribution is 7.11. The van der Waals surface area contributed by atoms with Crippen molar-refractivity contribution < 1.29 is 9.90 Å². The number of benzene rings is 1. The Balaban J connectivity index is 2.29. The molecule has 0 saturated heterocycles. The van der Waals surface area contributed by atoms with Crippen molar-refractivity contribution in [3.8, 4) is 0 Å². The first-order valence-electron chi connectivity index (χ1n) is 5.73. The van der Waals surface area contributed by atoms with E-state index in [-0.39, 0.29) is 5.69 Å². The van der Waals surface area contributed by atoms with Gasteiger partial charge >= 0.3 is 5.97 Å². The Morgan fingerprint density at radius 3 is 2.61 bits per heavy atom. The molecule has 94 valence electrons. The third kappa shape index (κ3) is 2.59. The molecule has 2 rings (SSSR count). The van der Waals surface area contributed by atoms with Crippen LogP contribution in [-0.4, -0.2) is 16.1 Å². The van der Waals surface area contributed by atoms with Crippen LogP contribution in [0.2, 0.25) is 0 Å². The van der Waals surface area contributed by atoms with Gasteiger partial charge in [0.1, 0.15) is 0 Å². The van der Waals surface area contributed by atoms with Crippen LogP contribution in [0.4, 0.5) is 0 Å². The van der Waals surface area contributed by atoms with Crippen LogP contribution in [0.15, 0.2) is 18.2 Å². The molecule has 0 saturated carbocycles. The van der Waals surface area contributed by atoms with Crippen molar-refractivity contribution in [2.45, 2.75) is 27.2 Å². The molecule has 0 fully saturated rings. The quantitative estimate of drug-likeness (QED) is 0.921. The molecule has 0 aliphatic carbocycles. The summed E-state index contributed by atoms with van der Waals surface area (Å²) in [6, 6.07) is 6.29. The minimum Gasteiger partial charge on any atom is -0.476 e. The molecular formula is C14H15NO2S. The molecule has 1 heterocycles. The van der Waals surface area contributed by atoms with Gasteiger partial charge in [0, 0.05) is 11.3 Å². The van der Waals surface area contributed by atoms with E-state index in [4.69, 9.17) is 5.11 Å². The number of hydrogen-bond acceptors (Lipinski definition) is 3. The molecule has 0 radical (unpaired) electrons. The summed E-state index contributed by atoms with van der Waals surface area (Å²) < 4.78 is 0. The van der Waals surface area contributed by atoms with E-state index in [0.717, 1.165) is 9.88 Å². The lowest BCUT2D eigenvalue weighted by molar-refractivity contribution is 0.0690. The van der Waals surface area contributed by atoms with E-state index >= 15 is 0 Å². The molecule has 0 aliphatic rings. The van der Waals surface area contributed by atoms with Gasteiger partial charge in [-0.1, -0.05) is 23.8 Å². The van der Waals surface area contributed by atoms with Crippen molar-refractivity contribution in [1.82, 2.24) is 4.98 Å². The van der Waals surface area contributed by atoms with E-state index in [1.807, 2.05) is 0 Å². The van der Waals surface area contributed by atoms with Crippen LogP contribution in [0.1, 0.15) is 37.1 Å². The van der Waals surface area contributed by atoms with Gasteiger partial charge < -0.3 is 5.11 Å². The Bertz CT molecular complexity index is 602. The SMILES string of the molecule is Cc1ccc(Cc2nc(C(=O)O)c(C)s2)c(C)c1. The summed E-state index contributed by atoms with van der Waals surface area (Å²) in [4.78, 5) is 15.9. The summed E-state index contributed by atoms with van der Waals surface area (Å²) in [6.07, 6.45) is 0.699. The van der Waals surface area contributed by atoms with E-state index < -0.39 is 5.97 Å². The second kappa shape index (κ2) is 4.90. The Hall–Kier alpha value is -1.68. The molecule has 18 heavy (non-hydrogen) atoms. The second-order valence-corrected chi connectivity index (χ2v) is 5.71. The van der Waals surface area contributed by atoms with Gasteiger partial charge in [-0.2, -0.15) is 0 Å². The van der Waals surface area contributed by atoms with Gasteiger partial charge in [0.2, 0.25) is 0 Å². The number of carboxylic acid groups (broad SMARTS) is 1. The van der Waals surface area contributed by atoms with Gasteiger partial charge in [0.25, 0.3) is 0 Å². The zero-order valence-corrected chi connectivity index (χ0v) is 11.5. The molecule has 1 aromatic carbocycles. The van der Waals surface area contributed by atoms with Gasteiger partial charge in [-0.3, -0.25) is 0 Å². The van der Waals surface area contributed by atoms with Gasteiger partial charge in [-0.25, -0.2) is 9.78 Å². The molecule has 0 aliphatic heterocycles. The Morgan fingerprint density at radius 1 is 1.33 bits per heavy atom. The number of aromatic nitrogens is 1. The predicted octanol–water partition coefficient (Wildman–Crippen LogP) is 3.36. The van der Waals surface area contributed by atoms with Gasteiger partial charge in [-0.05, 0) is 31.9 Å². The predicted molar refractivity (Wildman–Crippen MR) is 72.5 cm³/mol. The summed E-state index contributed by atoms with van der Waals surface area (Å²) in [5, 5.41) is 9.84. The summed E-state index contributed by atoms with van der Waals surface area (Å²) in [5.41, 5.74) is 3.84. The Labute approximate surface area is 110 Å². The Kier molecular flexibility index (Phi) is 3.48. The van der Waals surface area contributed by atoms with Crippen molar-refractivity contribution in [2.24, 2.45) is 0 Å². The second-order valence-electron chi connectivity index (χ2n) is 4.42. The van der Waals surface area contributed by atoms with Crippen LogP contribution in [-0.2, 0) is 6.42 Å². The molecular weight excluding hydrogens is 246 g/mol. The van der Waals surface area contributed by atoms with Gasteiger partial charge in [0.15, 0.2) is 5.69 Å². The van der Waals surface area contributed by atoms with Crippen LogP contribution in [0.5, 0.6) is 0 Å². The lowest BCUT2D eigenvalue weighted by Crippen LogP contribution is -1.99. The molecule has 0 atom stereocenters. The third-order valence-electron chi connectivity index (χ3n) is 2.88. The highest BCUT2D eigenvalue weighted by Gasteiger charge is 2.14. The first-order chi connectivity index (χ1) is 8.47. The van der Waals surface area contributed by atoms with E-state index in [1.165, 1.54) is 28.0 Å². The van der Waals surface area contributed by atoms with E-state index in [9.17, 15) is 4.79 Å². The topological polar surface area (TPSA) is 50.2 Å². The monoisotopic (exact) mass is 261 g/mol. The fourth-order valence-electron chi connectivity index (χ4n) is 1.93. The number of aromatic carboxylic acids is 1. The molecule has 2 aromatic rings. The van der Waals surface area contributed by atoms with Crippen molar-refractivity contribution in [3.63, 3.8) is 0 Å². The van der Waals surface area contributed by atoms with Crippen LogP contribution in [0, 0.1) is 20.8 Å². The summed E-state index contributed by atoms with van der Waals surface area (Å²) >= 11 is 1.46. The number of thiazole rings is 1. The maximum Gasteiger partial charge on any atom is 0.355 e. The average Bonchev–Trinajstić information content (AvgIpc) is 2.64. The average molecular weight is 261 g/mol. The zero-order valence-electron chi connectivity index (χ0n) is 10.7. The van der Waals surface area contributed by atoms with Crippen LogP contribution in [0.25, 0.3) is 0 Å². The molecule has 3 nitrogen and oxygen atoms in total. The lowest BCUT2D eigenvalue weighted by Gasteiger charge is -2.04. The maximum atomic E-state index is 10.9. The van der Waals surface area contributed by atoms with Crippen LogP contribution >= 0.6 is 11.3 Å². The van der Waals surface area contributed by atoms with Crippen molar-refractivity contribution in [2.75, 3.05) is 0 Å². The van der Waals surface area contributed by atoms with Crippen molar-refractivity contribution >= 4 is 17.3 Å². The van der Waals surface area contributed by atoms with Crippen molar-refractivity contribution in [3.05, 3.63) is 50.5 Å². The molecule has 0 amide bonds. The largest absolute Gasteiger partial charge is 0.476 e. The third-order valence-corrected chi connectivity index (χ3v) is 3.85. The number of carboxylic acids is 1. The summed E-state index contributed by atoms with van der Waals surface area (Å²) in [5.74, 6) is -0.948. The standard InChI is InChI=1S/C14H15NO2S/c1-8-4-5-11(9(2)6-8)7-12-15-13(14(16)17)10(3)18-12/h4-6H,7H2,1-3H3,(H,16,17). The van der Waals surface area contributed by atoms with Gasteiger partial charge in [-0.15, -0.1) is 11.3 Å². The molecule has 1 N–H and O–H groups in total. The number of nitrogens with zero attached hydrogens (tertiary/aromatic N) is 1. The summed E-state index contributed by atoms with van der Waals surface area (Å²) in [7, 11) is 0. The van der Waals surface area contributed by atoms with Crippen LogP contribution in [0.3, 0.4) is 0 Å². The van der Waals surface area contributed by atoms with Crippen LogP contribution < -0.4 is 0 Å². The molecule has 0 bridgehead atoms. The minimum absolute atomic E-state index is 0.180. The first kappa shape index (κ1) is 12.8.